The predicted molar refractivity (Wildman–Crippen MR) is 39.9 cm³/mol. The van der Waals surface area contributed by atoms with Crippen LogP contribution in [0.25, 0.3) is 0 Å². The molecule has 0 aromatic heterocycles. The summed E-state index contributed by atoms with van der Waals surface area (Å²) in [5.41, 5.74) is 0. The van der Waals surface area contributed by atoms with Gasteiger partial charge in [0.15, 0.2) is 6.10 Å². The fourth-order valence-electron chi connectivity index (χ4n) is 0.403. The fourth-order valence-corrected chi connectivity index (χ4v) is 0.666. The van der Waals surface area contributed by atoms with E-state index in [0.717, 1.165) is 6.92 Å². The molecule has 0 heterocycles. The Morgan fingerprint density at radius 1 is 1.45 bits per heavy atom. The molecule has 0 aromatic rings. The van der Waals surface area contributed by atoms with E-state index in [1.165, 1.54) is 11.8 Å². The van der Waals surface area contributed by atoms with Gasteiger partial charge < -0.3 is 4.74 Å². The van der Waals surface area contributed by atoms with Gasteiger partial charge in [0, 0.05) is 5.75 Å². The summed E-state index contributed by atoms with van der Waals surface area (Å²) in [5.74, 6) is 0.598. The molecule has 1 nitrogen and oxygen atoms in total. The van der Waals surface area contributed by atoms with E-state index < -0.39 is 12.3 Å². The van der Waals surface area contributed by atoms with Crippen molar-refractivity contribution in [2.45, 2.75) is 19.2 Å². The second-order valence-corrected chi connectivity index (χ2v) is 3.03. The van der Waals surface area contributed by atoms with E-state index in [9.17, 15) is 13.2 Å². The van der Waals surface area contributed by atoms with Gasteiger partial charge in [-0.2, -0.15) is 24.9 Å². The number of hydrogen-bond donors (Lipinski definition) is 0. The highest BCUT2D eigenvalue weighted by Gasteiger charge is 2.36. The smallest absolute Gasteiger partial charge is 0.368 e. The fraction of sp³-hybridized carbons (Fsp3) is 1.00. The van der Waals surface area contributed by atoms with Gasteiger partial charge in [0.25, 0.3) is 0 Å². The second-order valence-electron chi connectivity index (χ2n) is 2.05. The Morgan fingerprint density at radius 2 is 2.00 bits per heavy atom. The van der Waals surface area contributed by atoms with Crippen molar-refractivity contribution in [1.82, 2.24) is 0 Å². The Labute approximate surface area is 68.3 Å². The van der Waals surface area contributed by atoms with Crippen LogP contribution in [0.2, 0.25) is 0 Å². The highest BCUT2D eigenvalue weighted by atomic mass is 32.2. The van der Waals surface area contributed by atoms with E-state index in [4.69, 9.17) is 0 Å². The quantitative estimate of drug-likeness (QED) is 0.626. The summed E-state index contributed by atoms with van der Waals surface area (Å²) in [4.78, 5) is 0. The Balaban J connectivity index is 3.44. The van der Waals surface area contributed by atoms with Crippen LogP contribution in [0.5, 0.6) is 0 Å². The second kappa shape index (κ2) is 4.87. The van der Waals surface area contributed by atoms with Crippen molar-refractivity contribution in [3.63, 3.8) is 0 Å². The summed E-state index contributed by atoms with van der Waals surface area (Å²) in [7, 11) is 0. The first kappa shape index (κ1) is 11.1. The van der Waals surface area contributed by atoms with Crippen molar-refractivity contribution in [2.24, 2.45) is 0 Å². The number of ether oxygens (including phenoxy) is 1. The summed E-state index contributed by atoms with van der Waals surface area (Å²) >= 11 is 1.46. The normalized spacial score (nSPS) is 15.0. The Bertz CT molecular complexity index is 104. The van der Waals surface area contributed by atoms with E-state index in [1.54, 1.807) is 0 Å². The van der Waals surface area contributed by atoms with E-state index in [-0.39, 0.29) is 6.61 Å². The van der Waals surface area contributed by atoms with Gasteiger partial charge in [-0.25, -0.2) is 0 Å². The predicted octanol–water partition coefficient (Wildman–Crippen LogP) is 2.32. The number of thioether (sulfide) groups is 1. The zero-order chi connectivity index (χ0) is 8.91. The van der Waals surface area contributed by atoms with Gasteiger partial charge >= 0.3 is 6.18 Å². The third-order valence-electron chi connectivity index (χ3n) is 1.12. The van der Waals surface area contributed by atoms with Crippen LogP contribution in [-0.2, 0) is 4.74 Å². The van der Waals surface area contributed by atoms with Crippen molar-refractivity contribution in [3.8, 4) is 0 Å². The number of alkyl halides is 3. The Hall–Kier alpha value is 0.100. The first-order valence-corrected chi connectivity index (χ1v) is 4.55. The van der Waals surface area contributed by atoms with Crippen LogP contribution < -0.4 is 0 Å². The van der Waals surface area contributed by atoms with Gasteiger partial charge in [0.2, 0.25) is 0 Å². The molecule has 5 heteroatoms. The summed E-state index contributed by atoms with van der Waals surface area (Å²) in [6.07, 6.45) is -4.05. The van der Waals surface area contributed by atoms with E-state index >= 15 is 0 Å². The van der Waals surface area contributed by atoms with Crippen LogP contribution in [0.3, 0.4) is 0 Å². The van der Waals surface area contributed by atoms with E-state index in [2.05, 4.69) is 4.74 Å². The van der Waals surface area contributed by atoms with Crippen molar-refractivity contribution < 1.29 is 17.9 Å². The SMILES string of the molecule is CSCCOC(C)C(F)(F)F. The summed E-state index contributed by atoms with van der Waals surface area (Å²) in [6, 6.07) is 0. The topological polar surface area (TPSA) is 9.23 Å². The lowest BCUT2D eigenvalue weighted by Crippen LogP contribution is -2.29. The lowest BCUT2D eigenvalue weighted by molar-refractivity contribution is -0.212. The average Bonchev–Trinajstić information content (AvgIpc) is 1.86. The van der Waals surface area contributed by atoms with Gasteiger partial charge in [-0.15, -0.1) is 0 Å². The van der Waals surface area contributed by atoms with Crippen LogP contribution in [0, 0.1) is 0 Å². The first-order chi connectivity index (χ1) is 4.98. The molecule has 0 N–H and O–H groups in total. The molecule has 0 rings (SSSR count). The molecule has 1 unspecified atom stereocenters. The summed E-state index contributed by atoms with van der Waals surface area (Å²) in [6.45, 7) is 1.17. The molecular weight excluding hydrogens is 177 g/mol. The molecule has 68 valence electrons. The number of halogens is 3. The maximum Gasteiger partial charge on any atom is 0.414 e. The largest absolute Gasteiger partial charge is 0.414 e. The Kier molecular flexibility index (Phi) is 4.92. The molecule has 0 aliphatic carbocycles. The lowest BCUT2D eigenvalue weighted by Gasteiger charge is -2.15. The first-order valence-electron chi connectivity index (χ1n) is 3.15. The molecule has 0 aromatic carbocycles. The minimum atomic E-state index is -4.22. The van der Waals surface area contributed by atoms with Crippen LogP contribution in [0.4, 0.5) is 13.2 Å². The molecule has 11 heavy (non-hydrogen) atoms. The maximum absolute atomic E-state index is 11.7. The molecule has 1 atom stereocenters. The molecule has 0 saturated heterocycles. The Morgan fingerprint density at radius 3 is 2.36 bits per heavy atom. The number of hydrogen-bond acceptors (Lipinski definition) is 2. The average molecular weight is 188 g/mol. The molecule has 0 saturated carbocycles. The standard InChI is InChI=1S/C6H11F3OS/c1-5(6(7,8)9)10-3-4-11-2/h5H,3-4H2,1-2H3. The minimum absolute atomic E-state index is 0.155. The molecule has 0 fully saturated rings. The van der Waals surface area contributed by atoms with Gasteiger partial charge in [-0.1, -0.05) is 0 Å². The molecule has 0 spiro atoms. The van der Waals surface area contributed by atoms with Gasteiger partial charge in [-0.3, -0.25) is 0 Å². The van der Waals surface area contributed by atoms with Crippen LogP contribution in [0.1, 0.15) is 6.92 Å². The molecule has 0 aliphatic heterocycles. The van der Waals surface area contributed by atoms with Crippen LogP contribution in [0.15, 0.2) is 0 Å². The van der Waals surface area contributed by atoms with Gasteiger partial charge in [0.1, 0.15) is 0 Å². The molecule has 0 amide bonds. The lowest BCUT2D eigenvalue weighted by atomic mass is 10.4. The van der Waals surface area contributed by atoms with Crippen LogP contribution >= 0.6 is 11.8 Å². The zero-order valence-electron chi connectivity index (χ0n) is 6.44. The molecule has 0 radical (unpaired) electrons. The van der Waals surface area contributed by atoms with Crippen molar-refractivity contribution in [1.29, 1.82) is 0 Å². The minimum Gasteiger partial charge on any atom is -0.368 e. The number of rotatable bonds is 4. The van der Waals surface area contributed by atoms with Crippen LogP contribution in [-0.4, -0.2) is 30.9 Å². The third kappa shape index (κ3) is 5.38. The molecule has 0 aliphatic rings. The van der Waals surface area contributed by atoms with Gasteiger partial charge in [-0.05, 0) is 13.2 Å². The maximum atomic E-state index is 11.7. The monoisotopic (exact) mass is 188 g/mol. The van der Waals surface area contributed by atoms with E-state index in [1.807, 2.05) is 6.26 Å². The van der Waals surface area contributed by atoms with E-state index in [0.29, 0.717) is 5.75 Å². The third-order valence-corrected chi connectivity index (χ3v) is 1.69. The highest BCUT2D eigenvalue weighted by molar-refractivity contribution is 7.98. The van der Waals surface area contributed by atoms with Crippen molar-refractivity contribution in [2.75, 3.05) is 18.6 Å². The van der Waals surface area contributed by atoms with Crippen molar-refractivity contribution >= 4 is 11.8 Å². The van der Waals surface area contributed by atoms with Gasteiger partial charge in [0.05, 0.1) is 6.61 Å². The molecule has 0 bridgehead atoms. The molecular formula is C6H11F3OS. The van der Waals surface area contributed by atoms with Crippen molar-refractivity contribution in [3.05, 3.63) is 0 Å². The zero-order valence-corrected chi connectivity index (χ0v) is 7.26. The summed E-state index contributed by atoms with van der Waals surface area (Å²) < 4.78 is 39.7. The highest BCUT2D eigenvalue weighted by Crippen LogP contribution is 2.22. The summed E-state index contributed by atoms with van der Waals surface area (Å²) in [5, 5.41) is 0.